The summed E-state index contributed by atoms with van der Waals surface area (Å²) in [6.45, 7) is 1.27. The number of halogens is 2. The molecule has 0 saturated carbocycles. The van der Waals surface area contributed by atoms with Gasteiger partial charge in [-0.1, -0.05) is 0 Å². The number of carbonyl (C=O) groups is 2. The molecule has 3 N–H and O–H groups in total. The van der Waals surface area contributed by atoms with Crippen molar-refractivity contribution in [1.82, 2.24) is 0 Å². The Morgan fingerprint density at radius 2 is 1.59 bits per heavy atom. The normalized spacial score (nSPS) is 14.2. The van der Waals surface area contributed by atoms with E-state index in [0.717, 1.165) is 12.3 Å². The van der Waals surface area contributed by atoms with Gasteiger partial charge in [-0.05, 0) is 30.3 Å². The van der Waals surface area contributed by atoms with Crippen molar-refractivity contribution in [2.75, 3.05) is 21.6 Å². The van der Waals surface area contributed by atoms with Gasteiger partial charge in [0.15, 0.2) is 11.5 Å². The van der Waals surface area contributed by atoms with E-state index in [0.29, 0.717) is 0 Å². The predicted molar refractivity (Wildman–Crippen MR) is 99.8 cm³/mol. The molecule has 0 radical (unpaired) electrons. The second-order valence-corrected chi connectivity index (χ2v) is 7.85. The zero-order valence-electron chi connectivity index (χ0n) is 15.1. The molecule has 2 aromatic rings. The van der Waals surface area contributed by atoms with E-state index in [-0.39, 0.29) is 34.1 Å². The van der Waals surface area contributed by atoms with Crippen molar-refractivity contribution in [3.05, 3.63) is 42.0 Å². The number of benzene rings is 2. The maximum Gasteiger partial charge on any atom is 0.586 e. The van der Waals surface area contributed by atoms with Crippen molar-refractivity contribution in [1.29, 1.82) is 0 Å². The standard InChI is InChI=1S/C17H15F2N3O6S/c1-9(23)20-10-3-5-13(22-29(2,25)26)12(7-10)16(24)21-11-4-6-14-15(8-11)28-17(18,19)27-14/h3-8,22H,1-2H3,(H,20,23)(H,21,24). The van der Waals surface area contributed by atoms with Crippen molar-refractivity contribution >= 4 is 38.9 Å². The fourth-order valence-electron chi connectivity index (χ4n) is 2.53. The van der Waals surface area contributed by atoms with Gasteiger partial charge in [0.1, 0.15) is 0 Å². The molecule has 2 amide bonds. The number of carbonyl (C=O) groups excluding carboxylic acids is 2. The predicted octanol–water partition coefficient (Wildman–Crippen LogP) is 2.59. The molecular weight excluding hydrogens is 412 g/mol. The summed E-state index contributed by atoms with van der Waals surface area (Å²) in [6, 6.07) is 7.62. The van der Waals surface area contributed by atoms with Crippen LogP contribution in [-0.2, 0) is 14.8 Å². The molecule has 1 aliphatic rings. The first-order chi connectivity index (χ1) is 13.4. The summed E-state index contributed by atoms with van der Waals surface area (Å²) in [4.78, 5) is 24.0. The lowest BCUT2D eigenvalue weighted by atomic mass is 10.1. The van der Waals surface area contributed by atoms with E-state index in [1.165, 1.54) is 37.3 Å². The molecule has 1 heterocycles. The SMILES string of the molecule is CC(=O)Nc1ccc(NS(C)(=O)=O)c(C(=O)Nc2ccc3c(c2)OC(F)(F)O3)c1. The van der Waals surface area contributed by atoms with Gasteiger partial charge in [-0.2, -0.15) is 0 Å². The number of sulfonamides is 1. The average Bonchev–Trinajstić information content (AvgIpc) is 2.87. The molecule has 0 fully saturated rings. The summed E-state index contributed by atoms with van der Waals surface area (Å²) in [5.41, 5.74) is 0.216. The summed E-state index contributed by atoms with van der Waals surface area (Å²) in [5.74, 6) is -1.61. The molecule has 1 aliphatic heterocycles. The number of amides is 2. The number of ether oxygens (including phenoxy) is 2. The molecular formula is C17H15F2N3O6S. The molecule has 0 bridgehead atoms. The number of hydrogen-bond donors (Lipinski definition) is 3. The highest BCUT2D eigenvalue weighted by molar-refractivity contribution is 7.92. The van der Waals surface area contributed by atoms with Gasteiger partial charge in [0.05, 0.1) is 17.5 Å². The van der Waals surface area contributed by atoms with Crippen LogP contribution in [0.4, 0.5) is 25.8 Å². The molecule has 12 heteroatoms. The fraction of sp³-hybridized carbons (Fsp3) is 0.176. The third-order valence-corrected chi connectivity index (χ3v) is 4.13. The second-order valence-electron chi connectivity index (χ2n) is 6.10. The van der Waals surface area contributed by atoms with Gasteiger partial charge in [-0.3, -0.25) is 14.3 Å². The molecule has 9 nitrogen and oxygen atoms in total. The van der Waals surface area contributed by atoms with E-state index in [1.807, 2.05) is 0 Å². The maximum atomic E-state index is 13.1. The van der Waals surface area contributed by atoms with E-state index in [1.54, 1.807) is 0 Å². The lowest BCUT2D eigenvalue weighted by Crippen LogP contribution is -2.25. The number of anilines is 3. The molecule has 29 heavy (non-hydrogen) atoms. The van der Waals surface area contributed by atoms with Gasteiger partial charge in [-0.25, -0.2) is 8.42 Å². The maximum absolute atomic E-state index is 13.1. The average molecular weight is 427 g/mol. The second kappa shape index (κ2) is 7.20. The van der Waals surface area contributed by atoms with E-state index >= 15 is 0 Å². The summed E-state index contributed by atoms with van der Waals surface area (Å²) in [6.07, 6.45) is -2.89. The van der Waals surface area contributed by atoms with Gasteiger partial charge in [0.25, 0.3) is 5.91 Å². The van der Waals surface area contributed by atoms with Crippen LogP contribution in [0.1, 0.15) is 17.3 Å². The van der Waals surface area contributed by atoms with E-state index in [4.69, 9.17) is 0 Å². The van der Waals surface area contributed by atoms with Gasteiger partial charge in [0.2, 0.25) is 15.9 Å². The fourth-order valence-corrected chi connectivity index (χ4v) is 3.10. The molecule has 0 atom stereocenters. The van der Waals surface area contributed by atoms with Gasteiger partial charge < -0.3 is 20.1 Å². The minimum Gasteiger partial charge on any atom is -0.395 e. The smallest absolute Gasteiger partial charge is 0.395 e. The number of hydrogen-bond acceptors (Lipinski definition) is 6. The molecule has 2 aromatic carbocycles. The van der Waals surface area contributed by atoms with Crippen molar-refractivity contribution in [3.63, 3.8) is 0 Å². The third kappa shape index (κ3) is 5.10. The monoisotopic (exact) mass is 427 g/mol. The Kier molecular flexibility index (Phi) is 5.05. The van der Waals surface area contributed by atoms with E-state index in [9.17, 15) is 26.8 Å². The Balaban J connectivity index is 1.90. The highest BCUT2D eigenvalue weighted by atomic mass is 32.2. The van der Waals surface area contributed by atoms with Crippen LogP contribution in [0, 0.1) is 0 Å². The number of fused-ring (bicyclic) bond motifs is 1. The Morgan fingerprint density at radius 1 is 0.966 bits per heavy atom. The first-order valence-corrected chi connectivity index (χ1v) is 9.92. The highest BCUT2D eigenvalue weighted by Gasteiger charge is 2.43. The molecule has 154 valence electrons. The van der Waals surface area contributed by atoms with E-state index in [2.05, 4.69) is 24.8 Å². The minimum absolute atomic E-state index is 0.0358. The minimum atomic E-state index is -3.80. The summed E-state index contributed by atoms with van der Waals surface area (Å²) in [5, 5.41) is 4.94. The summed E-state index contributed by atoms with van der Waals surface area (Å²) >= 11 is 0. The molecule has 0 unspecified atom stereocenters. The lowest BCUT2D eigenvalue weighted by molar-refractivity contribution is -0.286. The molecule has 0 spiro atoms. The molecule has 0 aliphatic carbocycles. The van der Waals surface area contributed by atoms with E-state index < -0.39 is 28.1 Å². The quantitative estimate of drug-likeness (QED) is 0.674. The van der Waals surface area contributed by atoms with Crippen molar-refractivity contribution in [2.45, 2.75) is 13.2 Å². The van der Waals surface area contributed by atoms with Crippen LogP contribution in [0.5, 0.6) is 11.5 Å². The Morgan fingerprint density at radius 3 is 2.24 bits per heavy atom. The summed E-state index contributed by atoms with van der Waals surface area (Å²) < 4.78 is 60.2. The molecule has 0 aromatic heterocycles. The van der Waals surface area contributed by atoms with Crippen LogP contribution in [0.2, 0.25) is 0 Å². The number of nitrogens with one attached hydrogen (secondary N) is 3. The van der Waals surface area contributed by atoms with Crippen LogP contribution in [0.15, 0.2) is 36.4 Å². The highest BCUT2D eigenvalue weighted by Crippen LogP contribution is 2.42. The van der Waals surface area contributed by atoms with Crippen molar-refractivity contribution in [2.24, 2.45) is 0 Å². The van der Waals surface area contributed by atoms with Crippen LogP contribution in [0.25, 0.3) is 0 Å². The lowest BCUT2D eigenvalue weighted by Gasteiger charge is -2.13. The van der Waals surface area contributed by atoms with Crippen molar-refractivity contribution in [3.8, 4) is 11.5 Å². The Labute approximate surface area is 164 Å². The third-order valence-electron chi connectivity index (χ3n) is 3.54. The van der Waals surface area contributed by atoms with Gasteiger partial charge in [0, 0.05) is 24.4 Å². The first kappa shape index (κ1) is 20.3. The van der Waals surface area contributed by atoms with Crippen LogP contribution in [0.3, 0.4) is 0 Å². The van der Waals surface area contributed by atoms with Crippen LogP contribution < -0.4 is 24.8 Å². The Hall–Kier alpha value is -3.41. The molecule has 0 saturated heterocycles. The van der Waals surface area contributed by atoms with Gasteiger partial charge in [-0.15, -0.1) is 8.78 Å². The summed E-state index contributed by atoms with van der Waals surface area (Å²) in [7, 11) is -3.70. The van der Waals surface area contributed by atoms with Crippen LogP contribution >= 0.6 is 0 Å². The van der Waals surface area contributed by atoms with Crippen LogP contribution in [-0.4, -0.2) is 32.8 Å². The Bertz CT molecular complexity index is 1100. The van der Waals surface area contributed by atoms with Gasteiger partial charge >= 0.3 is 6.29 Å². The number of rotatable bonds is 5. The zero-order valence-corrected chi connectivity index (χ0v) is 15.9. The van der Waals surface area contributed by atoms with Crippen molar-refractivity contribution < 1.29 is 36.3 Å². The largest absolute Gasteiger partial charge is 0.586 e. The molecule has 3 rings (SSSR count). The first-order valence-electron chi connectivity index (χ1n) is 8.02. The topological polar surface area (TPSA) is 123 Å². The number of alkyl halides is 2. The zero-order chi connectivity index (χ0) is 21.4.